The topological polar surface area (TPSA) is 107 Å². The Morgan fingerprint density at radius 2 is 2.09 bits per heavy atom. The number of aromatic nitrogens is 7. The molecule has 0 N–H and O–H groups in total. The average molecular weight is 455 g/mol. The molecule has 3 aromatic heterocycles. The van der Waals surface area contributed by atoms with Gasteiger partial charge in [0, 0.05) is 69.5 Å². The predicted octanol–water partition coefficient (Wildman–Crippen LogP) is 0.575. The van der Waals surface area contributed by atoms with Crippen molar-refractivity contribution in [3.63, 3.8) is 0 Å². The summed E-state index contributed by atoms with van der Waals surface area (Å²) in [7, 11) is 3.62. The molecule has 0 amide bonds. The lowest BCUT2D eigenvalue weighted by molar-refractivity contribution is 0.136. The number of halogens is 1. The standard InChI is InChI=1S/C21H26FN9O2/c1-4-33-8-7-31-21(25-26-27-31)30-11-14-15(12-30)19(14)29(3)20-24-17(9-18(32)28(20)2)13-5-6-23-10-16(13)22/h5-6,9-10,14-15,19H,4,7-8,11-12H2,1-3H3/t14-,15+,19+. The minimum Gasteiger partial charge on any atom is -0.380 e. The lowest BCUT2D eigenvalue weighted by atomic mass is 10.2. The van der Waals surface area contributed by atoms with Gasteiger partial charge in [-0.25, -0.2) is 14.1 Å². The lowest BCUT2D eigenvalue weighted by Crippen LogP contribution is -2.37. The number of pyridine rings is 1. The van der Waals surface area contributed by atoms with Gasteiger partial charge in [0.05, 0.1) is 25.0 Å². The number of ether oxygens (including phenoxy) is 1. The van der Waals surface area contributed by atoms with Gasteiger partial charge in [-0.1, -0.05) is 5.10 Å². The highest BCUT2D eigenvalue weighted by Crippen LogP contribution is 2.50. The van der Waals surface area contributed by atoms with Crippen LogP contribution in [0.5, 0.6) is 0 Å². The van der Waals surface area contributed by atoms with Gasteiger partial charge in [0.25, 0.3) is 5.56 Å². The van der Waals surface area contributed by atoms with E-state index in [0.29, 0.717) is 43.2 Å². The van der Waals surface area contributed by atoms with E-state index in [9.17, 15) is 9.18 Å². The van der Waals surface area contributed by atoms with Crippen LogP contribution in [0.3, 0.4) is 0 Å². The van der Waals surface area contributed by atoms with Crippen LogP contribution in [-0.2, 0) is 18.3 Å². The highest BCUT2D eigenvalue weighted by Gasteiger charge is 2.59. The number of fused-ring (bicyclic) bond motifs is 1. The third kappa shape index (κ3) is 3.84. The molecule has 2 fully saturated rings. The van der Waals surface area contributed by atoms with Gasteiger partial charge in [-0.2, -0.15) is 0 Å². The molecule has 5 rings (SSSR count). The van der Waals surface area contributed by atoms with Crippen molar-refractivity contribution < 1.29 is 9.13 Å². The molecule has 0 radical (unpaired) electrons. The minimum atomic E-state index is -0.507. The molecular formula is C21H26FN9O2. The highest BCUT2D eigenvalue weighted by molar-refractivity contribution is 5.60. The molecule has 0 spiro atoms. The summed E-state index contributed by atoms with van der Waals surface area (Å²) in [6.45, 7) is 5.43. The van der Waals surface area contributed by atoms with Gasteiger partial charge in [-0.15, -0.1) is 0 Å². The lowest BCUT2D eigenvalue weighted by Gasteiger charge is -2.26. The predicted molar refractivity (Wildman–Crippen MR) is 118 cm³/mol. The van der Waals surface area contributed by atoms with Crippen molar-refractivity contribution >= 4 is 11.9 Å². The number of piperidine rings is 1. The molecule has 3 atom stereocenters. The van der Waals surface area contributed by atoms with Crippen LogP contribution in [0.2, 0.25) is 0 Å². The smallest absolute Gasteiger partial charge is 0.255 e. The first-order chi connectivity index (χ1) is 16.0. The van der Waals surface area contributed by atoms with Crippen LogP contribution < -0.4 is 15.4 Å². The molecule has 4 heterocycles. The number of nitrogens with zero attached hydrogens (tertiary/aromatic N) is 9. The van der Waals surface area contributed by atoms with Crippen molar-refractivity contribution in [2.45, 2.75) is 19.5 Å². The van der Waals surface area contributed by atoms with E-state index in [1.165, 1.54) is 22.9 Å². The van der Waals surface area contributed by atoms with Crippen LogP contribution in [-0.4, -0.2) is 74.1 Å². The van der Waals surface area contributed by atoms with Gasteiger partial charge in [0.15, 0.2) is 5.82 Å². The van der Waals surface area contributed by atoms with Crippen molar-refractivity contribution in [3.05, 3.63) is 40.7 Å². The highest BCUT2D eigenvalue weighted by atomic mass is 19.1. The molecular weight excluding hydrogens is 429 g/mol. The zero-order valence-corrected chi connectivity index (χ0v) is 18.8. The number of tetrazole rings is 1. The summed E-state index contributed by atoms with van der Waals surface area (Å²) >= 11 is 0. The van der Waals surface area contributed by atoms with Gasteiger partial charge in [-0.05, 0) is 23.4 Å². The van der Waals surface area contributed by atoms with Crippen LogP contribution in [0, 0.1) is 17.7 Å². The second-order valence-corrected chi connectivity index (χ2v) is 8.43. The molecule has 0 unspecified atom stereocenters. The maximum atomic E-state index is 14.3. The zero-order chi connectivity index (χ0) is 23.1. The molecule has 3 aromatic rings. The number of hydrogen-bond acceptors (Lipinski definition) is 9. The van der Waals surface area contributed by atoms with Gasteiger partial charge in [0.1, 0.15) is 0 Å². The van der Waals surface area contributed by atoms with E-state index in [2.05, 4.69) is 30.4 Å². The molecule has 174 valence electrons. The molecule has 0 aromatic carbocycles. The van der Waals surface area contributed by atoms with Crippen molar-refractivity contribution in [1.29, 1.82) is 0 Å². The quantitative estimate of drug-likeness (QED) is 0.451. The number of anilines is 2. The molecule has 1 saturated carbocycles. The van der Waals surface area contributed by atoms with Crippen molar-refractivity contribution in [1.82, 2.24) is 34.7 Å². The van der Waals surface area contributed by atoms with E-state index in [1.807, 2.05) is 18.9 Å². The largest absolute Gasteiger partial charge is 0.380 e. The summed E-state index contributed by atoms with van der Waals surface area (Å²) in [4.78, 5) is 25.2. The first-order valence-corrected chi connectivity index (χ1v) is 11.0. The molecule has 0 bridgehead atoms. The summed E-state index contributed by atoms with van der Waals surface area (Å²) in [6.07, 6.45) is 2.61. The number of rotatable bonds is 8. The molecule has 1 aliphatic heterocycles. The SMILES string of the molecule is CCOCCn1nnnc1N1C[C@@H]2[C@H](C1)[C@H]2N(C)c1nc(-c2ccncc2F)cc(=O)n1C. The van der Waals surface area contributed by atoms with Crippen LogP contribution >= 0.6 is 0 Å². The van der Waals surface area contributed by atoms with E-state index in [-0.39, 0.29) is 17.2 Å². The summed E-state index contributed by atoms with van der Waals surface area (Å²) in [6, 6.07) is 3.12. The second-order valence-electron chi connectivity index (χ2n) is 8.43. The van der Waals surface area contributed by atoms with Crippen LogP contribution in [0.25, 0.3) is 11.3 Å². The fourth-order valence-corrected chi connectivity index (χ4v) is 4.80. The summed E-state index contributed by atoms with van der Waals surface area (Å²) in [5.74, 6) is 1.58. The van der Waals surface area contributed by atoms with E-state index < -0.39 is 5.82 Å². The fourth-order valence-electron chi connectivity index (χ4n) is 4.80. The van der Waals surface area contributed by atoms with Crippen LogP contribution in [0.15, 0.2) is 29.3 Å². The van der Waals surface area contributed by atoms with Crippen molar-refractivity contribution in [2.75, 3.05) is 43.2 Å². The van der Waals surface area contributed by atoms with E-state index >= 15 is 0 Å². The van der Waals surface area contributed by atoms with E-state index in [1.54, 1.807) is 11.7 Å². The molecule has 33 heavy (non-hydrogen) atoms. The van der Waals surface area contributed by atoms with Crippen molar-refractivity contribution in [3.8, 4) is 11.3 Å². The zero-order valence-electron chi connectivity index (χ0n) is 18.8. The van der Waals surface area contributed by atoms with Crippen LogP contribution in [0.4, 0.5) is 16.3 Å². The Hall–Kier alpha value is -3.41. The Morgan fingerprint density at radius 1 is 1.30 bits per heavy atom. The molecule has 11 nitrogen and oxygen atoms in total. The Morgan fingerprint density at radius 3 is 2.82 bits per heavy atom. The summed E-state index contributed by atoms with van der Waals surface area (Å²) in [5.41, 5.74) is 0.332. The van der Waals surface area contributed by atoms with Gasteiger partial charge < -0.3 is 14.5 Å². The van der Waals surface area contributed by atoms with E-state index in [4.69, 9.17) is 4.74 Å². The number of hydrogen-bond donors (Lipinski definition) is 0. The molecule has 2 aliphatic rings. The minimum absolute atomic E-state index is 0.237. The monoisotopic (exact) mass is 455 g/mol. The van der Waals surface area contributed by atoms with Crippen molar-refractivity contribution in [2.24, 2.45) is 18.9 Å². The third-order valence-electron chi connectivity index (χ3n) is 6.52. The molecule has 1 aliphatic carbocycles. The Bertz CT molecular complexity index is 1200. The van der Waals surface area contributed by atoms with Gasteiger partial charge in [0.2, 0.25) is 11.9 Å². The van der Waals surface area contributed by atoms with Crippen LogP contribution in [0.1, 0.15) is 6.92 Å². The third-order valence-corrected chi connectivity index (χ3v) is 6.52. The fraction of sp³-hybridized carbons (Fsp3) is 0.524. The summed E-state index contributed by atoms with van der Waals surface area (Å²) < 4.78 is 22.9. The summed E-state index contributed by atoms with van der Waals surface area (Å²) in [5, 5.41) is 12.1. The first-order valence-electron chi connectivity index (χ1n) is 11.0. The Balaban J connectivity index is 1.32. The van der Waals surface area contributed by atoms with E-state index in [0.717, 1.165) is 25.2 Å². The Kier molecular flexibility index (Phi) is 5.52. The first kappa shape index (κ1) is 21.4. The maximum Gasteiger partial charge on any atom is 0.255 e. The second kappa shape index (κ2) is 8.50. The average Bonchev–Trinajstić information content (AvgIpc) is 3.14. The Labute approximate surface area is 189 Å². The maximum absolute atomic E-state index is 14.3. The van der Waals surface area contributed by atoms with Gasteiger partial charge >= 0.3 is 0 Å². The molecule has 12 heteroatoms. The normalized spacial score (nSPS) is 21.3. The molecule has 1 saturated heterocycles. The van der Waals surface area contributed by atoms with Gasteiger partial charge in [-0.3, -0.25) is 14.3 Å².